The zero-order chi connectivity index (χ0) is 17.5. The predicted molar refractivity (Wildman–Crippen MR) is 98.0 cm³/mol. The molecule has 24 heavy (non-hydrogen) atoms. The van der Waals surface area contributed by atoms with E-state index in [4.69, 9.17) is 0 Å². The van der Waals surface area contributed by atoms with Gasteiger partial charge in [-0.1, -0.05) is 41.6 Å². The predicted octanol–water partition coefficient (Wildman–Crippen LogP) is 3.92. The van der Waals surface area contributed by atoms with Gasteiger partial charge in [-0.2, -0.15) is 0 Å². The van der Waals surface area contributed by atoms with Gasteiger partial charge in [-0.15, -0.1) is 11.3 Å². The molecule has 0 aliphatic heterocycles. The van der Waals surface area contributed by atoms with E-state index in [9.17, 15) is 14.7 Å². The molecule has 0 aliphatic rings. The second-order valence-corrected chi connectivity index (χ2v) is 8.45. The first-order chi connectivity index (χ1) is 11.3. The standard InChI is InChI=1S/C17H16N2O3S2/c1-9-4-6-10(7-5-9)11-8-23-14-12(11)13(20)18-16(19-14)24-17(2,3)15(21)22/h4-8H,1-3H3,(H,21,22)(H,18,19,20). The van der Waals surface area contributed by atoms with Crippen LogP contribution < -0.4 is 5.56 Å². The van der Waals surface area contributed by atoms with Crippen molar-refractivity contribution in [2.24, 2.45) is 0 Å². The van der Waals surface area contributed by atoms with E-state index in [0.717, 1.165) is 28.5 Å². The molecule has 0 radical (unpaired) electrons. The van der Waals surface area contributed by atoms with Gasteiger partial charge >= 0.3 is 5.97 Å². The minimum absolute atomic E-state index is 0.250. The minimum atomic E-state index is -1.07. The summed E-state index contributed by atoms with van der Waals surface area (Å²) in [5, 5.41) is 12.0. The van der Waals surface area contributed by atoms with E-state index >= 15 is 0 Å². The molecule has 3 rings (SSSR count). The molecule has 124 valence electrons. The van der Waals surface area contributed by atoms with Gasteiger partial charge in [-0.3, -0.25) is 9.59 Å². The fourth-order valence-corrected chi connectivity index (χ4v) is 4.07. The Morgan fingerprint density at radius 1 is 1.29 bits per heavy atom. The Labute approximate surface area is 146 Å². The number of hydrogen-bond acceptors (Lipinski definition) is 5. The third-order valence-electron chi connectivity index (χ3n) is 3.65. The van der Waals surface area contributed by atoms with Crippen molar-refractivity contribution in [3.63, 3.8) is 0 Å². The molecule has 0 amide bonds. The number of thiophene rings is 1. The Morgan fingerprint density at radius 2 is 1.96 bits per heavy atom. The lowest BCUT2D eigenvalue weighted by atomic mass is 10.1. The molecular weight excluding hydrogens is 344 g/mol. The van der Waals surface area contributed by atoms with Gasteiger partial charge in [-0.05, 0) is 26.3 Å². The molecular formula is C17H16N2O3S2. The fraction of sp³-hybridized carbons (Fsp3) is 0.235. The summed E-state index contributed by atoms with van der Waals surface area (Å²) in [7, 11) is 0. The monoisotopic (exact) mass is 360 g/mol. The summed E-state index contributed by atoms with van der Waals surface area (Å²) < 4.78 is -1.07. The summed E-state index contributed by atoms with van der Waals surface area (Å²) in [5.41, 5.74) is 2.71. The van der Waals surface area contributed by atoms with Gasteiger partial charge < -0.3 is 10.1 Å². The fourth-order valence-electron chi connectivity index (χ4n) is 2.21. The maximum absolute atomic E-state index is 12.5. The molecule has 1 aromatic carbocycles. The van der Waals surface area contributed by atoms with Crippen LogP contribution in [0.2, 0.25) is 0 Å². The molecule has 5 nitrogen and oxygen atoms in total. The smallest absolute Gasteiger partial charge is 0.319 e. The molecule has 7 heteroatoms. The summed E-state index contributed by atoms with van der Waals surface area (Å²) >= 11 is 2.41. The van der Waals surface area contributed by atoms with Crippen LogP contribution in [-0.2, 0) is 4.79 Å². The number of carboxylic acids is 1. The van der Waals surface area contributed by atoms with E-state index in [2.05, 4.69) is 9.97 Å². The van der Waals surface area contributed by atoms with Gasteiger partial charge in [0.1, 0.15) is 9.58 Å². The maximum atomic E-state index is 12.5. The van der Waals surface area contributed by atoms with Crippen LogP contribution in [0, 0.1) is 6.92 Å². The van der Waals surface area contributed by atoms with Gasteiger partial charge in [-0.25, -0.2) is 4.98 Å². The van der Waals surface area contributed by atoms with Crippen molar-refractivity contribution in [1.29, 1.82) is 0 Å². The van der Waals surface area contributed by atoms with Crippen molar-refractivity contribution in [1.82, 2.24) is 9.97 Å². The number of thioether (sulfide) groups is 1. The highest BCUT2D eigenvalue weighted by molar-refractivity contribution is 8.01. The number of aliphatic carboxylic acids is 1. The van der Waals surface area contributed by atoms with E-state index in [0.29, 0.717) is 15.4 Å². The topological polar surface area (TPSA) is 83.0 Å². The summed E-state index contributed by atoms with van der Waals surface area (Å²) in [5.74, 6) is -0.957. The summed E-state index contributed by atoms with van der Waals surface area (Å²) in [6.45, 7) is 5.17. The van der Waals surface area contributed by atoms with Crippen LogP contribution >= 0.6 is 23.1 Å². The molecule has 0 spiro atoms. The largest absolute Gasteiger partial charge is 0.480 e. The Hall–Kier alpha value is -2.12. The second kappa shape index (κ2) is 6.07. The Bertz CT molecular complexity index is 972. The van der Waals surface area contributed by atoms with Gasteiger partial charge in [0.05, 0.1) is 5.39 Å². The molecule has 0 saturated heterocycles. The van der Waals surface area contributed by atoms with E-state index in [-0.39, 0.29) is 5.56 Å². The van der Waals surface area contributed by atoms with Crippen molar-refractivity contribution in [3.8, 4) is 11.1 Å². The van der Waals surface area contributed by atoms with Crippen LogP contribution in [0.25, 0.3) is 21.3 Å². The number of nitrogens with one attached hydrogen (secondary N) is 1. The molecule has 0 fully saturated rings. The van der Waals surface area contributed by atoms with Crippen molar-refractivity contribution in [2.75, 3.05) is 0 Å². The average molecular weight is 360 g/mol. The summed E-state index contributed by atoms with van der Waals surface area (Å²) in [6, 6.07) is 7.96. The molecule has 0 bridgehead atoms. The highest BCUT2D eigenvalue weighted by Crippen LogP contribution is 2.34. The summed E-state index contributed by atoms with van der Waals surface area (Å²) in [6.07, 6.45) is 0. The highest BCUT2D eigenvalue weighted by Gasteiger charge is 2.30. The lowest BCUT2D eigenvalue weighted by Crippen LogP contribution is -2.27. The van der Waals surface area contributed by atoms with Crippen LogP contribution in [0.4, 0.5) is 0 Å². The number of aryl methyl sites for hydroxylation is 1. The molecule has 2 N–H and O–H groups in total. The van der Waals surface area contributed by atoms with Gasteiger partial charge in [0.25, 0.3) is 5.56 Å². The highest BCUT2D eigenvalue weighted by atomic mass is 32.2. The first-order valence-electron chi connectivity index (χ1n) is 7.29. The Morgan fingerprint density at radius 3 is 2.58 bits per heavy atom. The molecule has 0 atom stereocenters. The minimum Gasteiger partial charge on any atom is -0.480 e. The number of nitrogens with zero attached hydrogens (tertiary/aromatic N) is 1. The van der Waals surface area contributed by atoms with E-state index < -0.39 is 10.7 Å². The molecule has 2 heterocycles. The van der Waals surface area contributed by atoms with Crippen molar-refractivity contribution in [2.45, 2.75) is 30.7 Å². The summed E-state index contributed by atoms with van der Waals surface area (Å²) in [4.78, 5) is 31.5. The van der Waals surface area contributed by atoms with Crippen LogP contribution in [-0.4, -0.2) is 25.8 Å². The zero-order valence-electron chi connectivity index (χ0n) is 13.4. The molecule has 3 aromatic rings. The third-order valence-corrected chi connectivity index (χ3v) is 5.60. The van der Waals surface area contributed by atoms with Gasteiger partial charge in [0.2, 0.25) is 0 Å². The number of H-pyrrole nitrogens is 1. The van der Waals surface area contributed by atoms with Crippen molar-refractivity contribution < 1.29 is 9.90 Å². The quantitative estimate of drug-likeness (QED) is 0.544. The van der Waals surface area contributed by atoms with Crippen LogP contribution in [0.15, 0.2) is 39.6 Å². The molecule has 0 aliphatic carbocycles. The number of rotatable bonds is 4. The number of hydrogen-bond donors (Lipinski definition) is 2. The van der Waals surface area contributed by atoms with Crippen LogP contribution in [0.1, 0.15) is 19.4 Å². The number of fused-ring (bicyclic) bond motifs is 1. The third kappa shape index (κ3) is 3.09. The second-order valence-electron chi connectivity index (χ2n) is 5.98. The SMILES string of the molecule is Cc1ccc(-c2csc3nc(SC(C)(C)C(=O)O)[nH]c(=O)c23)cc1. The van der Waals surface area contributed by atoms with E-state index in [1.54, 1.807) is 13.8 Å². The maximum Gasteiger partial charge on any atom is 0.319 e. The van der Waals surface area contributed by atoms with Crippen molar-refractivity contribution >= 4 is 39.3 Å². The van der Waals surface area contributed by atoms with Gasteiger partial charge in [0, 0.05) is 10.9 Å². The number of aromatic amines is 1. The lowest BCUT2D eigenvalue weighted by Gasteiger charge is -2.16. The average Bonchev–Trinajstić information content (AvgIpc) is 2.91. The first kappa shape index (κ1) is 16.7. The number of benzene rings is 1. The number of carbonyl (C=O) groups is 1. The van der Waals surface area contributed by atoms with Crippen LogP contribution in [0.5, 0.6) is 0 Å². The van der Waals surface area contributed by atoms with Gasteiger partial charge in [0.15, 0.2) is 5.16 Å². The Balaban J connectivity index is 2.07. The Kier molecular flexibility index (Phi) is 4.23. The zero-order valence-corrected chi connectivity index (χ0v) is 15.0. The first-order valence-corrected chi connectivity index (χ1v) is 8.98. The van der Waals surface area contributed by atoms with Crippen LogP contribution in [0.3, 0.4) is 0 Å². The number of aromatic nitrogens is 2. The lowest BCUT2D eigenvalue weighted by molar-refractivity contribution is -0.138. The number of carboxylic acid groups (broad SMARTS) is 1. The normalized spacial score (nSPS) is 11.8. The van der Waals surface area contributed by atoms with E-state index in [1.165, 1.54) is 11.3 Å². The molecule has 2 aromatic heterocycles. The van der Waals surface area contributed by atoms with Crippen molar-refractivity contribution in [3.05, 3.63) is 45.6 Å². The molecule has 0 saturated carbocycles. The van der Waals surface area contributed by atoms with E-state index in [1.807, 2.05) is 36.6 Å². The molecule has 0 unspecified atom stereocenters.